The van der Waals surface area contributed by atoms with Crippen LogP contribution in [0.25, 0.3) is 11.4 Å². The van der Waals surface area contributed by atoms with Crippen molar-refractivity contribution in [1.82, 2.24) is 15.0 Å². The molecular formula is C23H22ClFN4O4. The van der Waals surface area contributed by atoms with Gasteiger partial charge in [0.2, 0.25) is 17.6 Å². The summed E-state index contributed by atoms with van der Waals surface area (Å²) in [7, 11) is 0. The lowest BCUT2D eigenvalue weighted by Crippen LogP contribution is -2.39. The van der Waals surface area contributed by atoms with E-state index < -0.39 is 0 Å². The van der Waals surface area contributed by atoms with Gasteiger partial charge >= 0.3 is 0 Å². The van der Waals surface area contributed by atoms with Gasteiger partial charge in [-0.2, -0.15) is 4.98 Å². The molecule has 5 rings (SSSR count). The molecule has 2 aliphatic rings. The molecule has 10 heteroatoms. The lowest BCUT2D eigenvalue weighted by atomic mass is 9.98. The largest absolute Gasteiger partial charge is 0.486 e. The second-order valence-electron chi connectivity index (χ2n) is 8.06. The van der Waals surface area contributed by atoms with E-state index in [0.29, 0.717) is 59.2 Å². The Balaban J connectivity index is 1.21. The maximum Gasteiger partial charge on any atom is 0.238 e. The summed E-state index contributed by atoms with van der Waals surface area (Å²) in [5.41, 5.74) is 1.05. The molecule has 1 saturated heterocycles. The number of anilines is 1. The number of hydrogen-bond acceptors (Lipinski definition) is 7. The van der Waals surface area contributed by atoms with Crippen molar-refractivity contribution in [3.8, 4) is 22.9 Å². The number of nitrogens with one attached hydrogen (secondary N) is 1. The van der Waals surface area contributed by atoms with E-state index in [2.05, 4.69) is 15.5 Å². The molecule has 2 aromatic carbocycles. The van der Waals surface area contributed by atoms with Gasteiger partial charge in [0.05, 0.1) is 23.2 Å². The first-order valence-corrected chi connectivity index (χ1v) is 11.1. The van der Waals surface area contributed by atoms with Crippen LogP contribution in [0.5, 0.6) is 11.5 Å². The van der Waals surface area contributed by atoms with Crippen LogP contribution in [0, 0.1) is 5.82 Å². The second-order valence-corrected chi connectivity index (χ2v) is 8.47. The molecule has 3 heterocycles. The molecule has 0 aliphatic carbocycles. The molecule has 1 amide bonds. The Bertz CT molecular complexity index is 1170. The first kappa shape index (κ1) is 21.7. The predicted molar refractivity (Wildman–Crippen MR) is 119 cm³/mol. The molecule has 2 aliphatic heterocycles. The lowest BCUT2D eigenvalue weighted by molar-refractivity contribution is -0.117. The fraction of sp³-hybridized carbons (Fsp3) is 0.348. The molecule has 1 atom stereocenters. The third-order valence-electron chi connectivity index (χ3n) is 5.65. The van der Waals surface area contributed by atoms with Gasteiger partial charge in [-0.3, -0.25) is 9.69 Å². The van der Waals surface area contributed by atoms with Crippen LogP contribution in [0.3, 0.4) is 0 Å². The summed E-state index contributed by atoms with van der Waals surface area (Å²) < 4.78 is 30.0. The molecule has 3 aromatic rings. The number of rotatable bonds is 5. The van der Waals surface area contributed by atoms with Gasteiger partial charge < -0.3 is 19.3 Å². The topological polar surface area (TPSA) is 89.7 Å². The molecule has 1 aromatic heterocycles. The highest BCUT2D eigenvalue weighted by molar-refractivity contribution is 6.34. The van der Waals surface area contributed by atoms with Crippen LogP contribution in [0.2, 0.25) is 5.02 Å². The Morgan fingerprint density at radius 1 is 1.21 bits per heavy atom. The highest BCUT2D eigenvalue weighted by Crippen LogP contribution is 2.38. The number of halogens is 2. The predicted octanol–water partition coefficient (Wildman–Crippen LogP) is 4.12. The molecule has 1 fully saturated rings. The van der Waals surface area contributed by atoms with E-state index in [4.69, 9.17) is 25.6 Å². The SMILES string of the molecule is O=C(CN1CCCC(c2nc(-c3cccc(F)c3)no2)C1)Nc1cc2c(cc1Cl)OCCO2. The van der Waals surface area contributed by atoms with Crippen LogP contribution < -0.4 is 14.8 Å². The first-order chi connectivity index (χ1) is 16.0. The summed E-state index contributed by atoms with van der Waals surface area (Å²) >= 11 is 6.30. The minimum Gasteiger partial charge on any atom is -0.486 e. The van der Waals surface area contributed by atoms with Crippen LogP contribution in [0.4, 0.5) is 10.1 Å². The molecular weight excluding hydrogens is 451 g/mol. The van der Waals surface area contributed by atoms with Gasteiger partial charge in [-0.1, -0.05) is 28.9 Å². The van der Waals surface area contributed by atoms with E-state index in [9.17, 15) is 9.18 Å². The number of benzene rings is 2. The average molecular weight is 473 g/mol. The Morgan fingerprint density at radius 3 is 2.85 bits per heavy atom. The first-order valence-electron chi connectivity index (χ1n) is 10.8. The molecule has 0 radical (unpaired) electrons. The summed E-state index contributed by atoms with van der Waals surface area (Å²) in [6, 6.07) is 9.41. The number of piperidine rings is 1. The maximum absolute atomic E-state index is 13.5. The monoisotopic (exact) mass is 472 g/mol. The van der Waals surface area contributed by atoms with Gasteiger partial charge in [-0.15, -0.1) is 0 Å². The Hall–Kier alpha value is -3.17. The van der Waals surface area contributed by atoms with Gasteiger partial charge in [0.1, 0.15) is 19.0 Å². The third kappa shape index (κ3) is 4.94. The molecule has 1 N–H and O–H groups in total. The number of aromatic nitrogens is 2. The van der Waals surface area contributed by atoms with Crippen molar-refractivity contribution in [3.05, 3.63) is 53.1 Å². The summed E-state index contributed by atoms with van der Waals surface area (Å²) in [6.45, 7) is 2.51. The van der Waals surface area contributed by atoms with Crippen molar-refractivity contribution in [3.63, 3.8) is 0 Å². The van der Waals surface area contributed by atoms with E-state index in [0.717, 1.165) is 19.4 Å². The minimum atomic E-state index is -0.355. The number of likely N-dealkylation sites (tertiary alicyclic amines) is 1. The minimum absolute atomic E-state index is 0.000703. The molecule has 33 heavy (non-hydrogen) atoms. The van der Waals surface area contributed by atoms with Gasteiger partial charge in [0.15, 0.2) is 11.5 Å². The van der Waals surface area contributed by atoms with E-state index in [-0.39, 0.29) is 24.2 Å². The van der Waals surface area contributed by atoms with Gasteiger partial charge in [-0.25, -0.2) is 4.39 Å². The standard InChI is InChI=1S/C23H22ClFN4O4/c24-17-10-19-20(32-8-7-31-19)11-18(17)26-21(30)13-29-6-2-4-15(12-29)23-27-22(28-33-23)14-3-1-5-16(25)9-14/h1,3,5,9-11,15H,2,4,6-8,12-13H2,(H,26,30). The molecule has 0 saturated carbocycles. The number of amides is 1. The van der Waals surface area contributed by atoms with Crippen LogP contribution in [0.15, 0.2) is 40.9 Å². The number of ether oxygens (including phenoxy) is 2. The van der Waals surface area contributed by atoms with Gasteiger partial charge in [-0.05, 0) is 31.5 Å². The fourth-order valence-electron chi connectivity index (χ4n) is 4.10. The summed E-state index contributed by atoms with van der Waals surface area (Å²) in [6.07, 6.45) is 1.76. The Kier molecular flexibility index (Phi) is 6.15. The van der Waals surface area contributed by atoms with Crippen LogP contribution in [0.1, 0.15) is 24.7 Å². The zero-order chi connectivity index (χ0) is 22.8. The summed E-state index contributed by atoms with van der Waals surface area (Å²) in [5.74, 6) is 1.44. The molecule has 0 spiro atoms. The average Bonchev–Trinajstić information content (AvgIpc) is 3.30. The van der Waals surface area contributed by atoms with Gasteiger partial charge in [0, 0.05) is 24.2 Å². The van der Waals surface area contributed by atoms with Crippen molar-refractivity contribution in [2.75, 3.05) is 38.2 Å². The van der Waals surface area contributed by atoms with Crippen LogP contribution >= 0.6 is 11.6 Å². The highest BCUT2D eigenvalue weighted by atomic mass is 35.5. The normalized spacial score (nSPS) is 18.2. The smallest absolute Gasteiger partial charge is 0.238 e. The number of hydrogen-bond donors (Lipinski definition) is 1. The summed E-state index contributed by atoms with van der Waals surface area (Å²) in [5, 5.41) is 7.25. The van der Waals surface area contributed by atoms with Gasteiger partial charge in [0.25, 0.3) is 0 Å². The maximum atomic E-state index is 13.5. The Morgan fingerprint density at radius 2 is 2.03 bits per heavy atom. The quantitative estimate of drug-likeness (QED) is 0.597. The summed E-state index contributed by atoms with van der Waals surface area (Å²) in [4.78, 5) is 19.2. The number of nitrogens with zero attached hydrogens (tertiary/aromatic N) is 3. The van der Waals surface area contributed by atoms with Crippen molar-refractivity contribution >= 4 is 23.2 Å². The van der Waals surface area contributed by atoms with E-state index >= 15 is 0 Å². The van der Waals surface area contributed by atoms with Crippen molar-refractivity contribution in [2.24, 2.45) is 0 Å². The van der Waals surface area contributed by atoms with Crippen molar-refractivity contribution in [2.45, 2.75) is 18.8 Å². The van der Waals surface area contributed by atoms with E-state index in [1.807, 2.05) is 4.90 Å². The molecule has 172 valence electrons. The zero-order valence-electron chi connectivity index (χ0n) is 17.7. The van der Waals surface area contributed by atoms with Crippen molar-refractivity contribution < 1.29 is 23.2 Å². The molecule has 8 nitrogen and oxygen atoms in total. The second kappa shape index (κ2) is 9.36. The number of carbonyl (C=O) groups excluding carboxylic acids is 1. The van der Waals surface area contributed by atoms with Crippen LogP contribution in [-0.2, 0) is 4.79 Å². The number of carbonyl (C=O) groups is 1. The van der Waals surface area contributed by atoms with Crippen molar-refractivity contribution in [1.29, 1.82) is 0 Å². The highest BCUT2D eigenvalue weighted by Gasteiger charge is 2.27. The molecule has 1 unspecified atom stereocenters. The third-order valence-corrected chi connectivity index (χ3v) is 5.97. The fourth-order valence-corrected chi connectivity index (χ4v) is 4.30. The number of fused-ring (bicyclic) bond motifs is 1. The van der Waals surface area contributed by atoms with E-state index in [1.165, 1.54) is 12.1 Å². The van der Waals surface area contributed by atoms with Crippen LogP contribution in [-0.4, -0.2) is 53.8 Å². The molecule has 0 bridgehead atoms. The van der Waals surface area contributed by atoms with E-state index in [1.54, 1.807) is 24.3 Å². The zero-order valence-corrected chi connectivity index (χ0v) is 18.5. The lowest BCUT2D eigenvalue weighted by Gasteiger charge is -2.30. The Labute approximate surface area is 194 Å².